The highest BCUT2D eigenvalue weighted by Gasteiger charge is 2.06. The standard InChI is InChI=1S/C14H21NO/c1-3-11(2)13-7-6-12(5-4-8-16)14(9-13)10-15/h6-9,11H,3-5,10,15H2,1-2H3. The van der Waals surface area contributed by atoms with E-state index in [4.69, 9.17) is 5.73 Å². The van der Waals surface area contributed by atoms with Gasteiger partial charge in [0.15, 0.2) is 0 Å². The van der Waals surface area contributed by atoms with Crippen LogP contribution in [0.4, 0.5) is 0 Å². The lowest BCUT2D eigenvalue weighted by Crippen LogP contribution is -2.04. The molecule has 0 heterocycles. The maximum absolute atomic E-state index is 10.4. The highest BCUT2D eigenvalue weighted by atomic mass is 16.1. The van der Waals surface area contributed by atoms with Crippen LogP contribution in [-0.2, 0) is 17.8 Å². The number of hydrogen-bond acceptors (Lipinski definition) is 2. The maximum atomic E-state index is 10.4. The fourth-order valence-electron chi connectivity index (χ4n) is 1.84. The molecule has 0 bridgehead atoms. The first kappa shape index (κ1) is 12.9. The zero-order valence-corrected chi connectivity index (χ0v) is 10.2. The summed E-state index contributed by atoms with van der Waals surface area (Å²) in [6, 6.07) is 6.47. The fraction of sp³-hybridized carbons (Fsp3) is 0.500. The van der Waals surface area contributed by atoms with Gasteiger partial charge in [-0.15, -0.1) is 0 Å². The van der Waals surface area contributed by atoms with Crippen LogP contribution in [-0.4, -0.2) is 6.29 Å². The van der Waals surface area contributed by atoms with Crippen LogP contribution in [0.15, 0.2) is 18.2 Å². The number of aldehydes is 1. The molecule has 2 N–H and O–H groups in total. The molecule has 1 aromatic rings. The molecule has 1 aromatic carbocycles. The van der Waals surface area contributed by atoms with Crippen molar-refractivity contribution in [3.05, 3.63) is 34.9 Å². The quantitative estimate of drug-likeness (QED) is 0.748. The predicted octanol–water partition coefficient (Wildman–Crippen LogP) is 2.79. The van der Waals surface area contributed by atoms with Crippen LogP contribution in [0, 0.1) is 0 Å². The van der Waals surface area contributed by atoms with E-state index in [1.807, 2.05) is 0 Å². The fourth-order valence-corrected chi connectivity index (χ4v) is 1.84. The van der Waals surface area contributed by atoms with Crippen molar-refractivity contribution in [3.63, 3.8) is 0 Å². The van der Waals surface area contributed by atoms with Crippen molar-refractivity contribution in [1.82, 2.24) is 0 Å². The topological polar surface area (TPSA) is 43.1 Å². The molecule has 1 unspecified atom stereocenters. The molecule has 2 heteroatoms. The monoisotopic (exact) mass is 219 g/mol. The van der Waals surface area contributed by atoms with Crippen molar-refractivity contribution in [1.29, 1.82) is 0 Å². The molecular formula is C14H21NO. The van der Waals surface area contributed by atoms with Crippen LogP contribution in [0.1, 0.15) is 49.3 Å². The first-order valence-electron chi connectivity index (χ1n) is 5.98. The van der Waals surface area contributed by atoms with Gasteiger partial charge in [0.2, 0.25) is 0 Å². The Labute approximate surface area is 97.9 Å². The number of aryl methyl sites for hydroxylation is 1. The Morgan fingerprint density at radius 1 is 1.38 bits per heavy atom. The summed E-state index contributed by atoms with van der Waals surface area (Å²) in [4.78, 5) is 10.4. The summed E-state index contributed by atoms with van der Waals surface area (Å²) in [7, 11) is 0. The third kappa shape index (κ3) is 3.17. The van der Waals surface area contributed by atoms with Crippen molar-refractivity contribution in [2.45, 2.75) is 45.6 Å². The van der Waals surface area contributed by atoms with Crippen LogP contribution < -0.4 is 5.73 Å². The van der Waals surface area contributed by atoms with E-state index in [-0.39, 0.29) is 0 Å². The van der Waals surface area contributed by atoms with Crippen molar-refractivity contribution in [2.75, 3.05) is 0 Å². The summed E-state index contributed by atoms with van der Waals surface area (Å²) in [5.41, 5.74) is 9.48. The lowest BCUT2D eigenvalue weighted by Gasteiger charge is -2.13. The molecular weight excluding hydrogens is 198 g/mol. The highest BCUT2D eigenvalue weighted by Crippen LogP contribution is 2.22. The van der Waals surface area contributed by atoms with E-state index in [0.717, 1.165) is 19.1 Å². The smallest absolute Gasteiger partial charge is 0.120 e. The van der Waals surface area contributed by atoms with E-state index in [2.05, 4.69) is 32.0 Å². The average molecular weight is 219 g/mol. The molecule has 0 radical (unpaired) electrons. The van der Waals surface area contributed by atoms with Crippen LogP contribution in [0.5, 0.6) is 0 Å². The molecule has 0 amide bonds. The van der Waals surface area contributed by atoms with Crippen LogP contribution in [0.3, 0.4) is 0 Å². The molecule has 16 heavy (non-hydrogen) atoms. The third-order valence-electron chi connectivity index (χ3n) is 3.16. The van der Waals surface area contributed by atoms with E-state index in [0.29, 0.717) is 18.9 Å². The minimum absolute atomic E-state index is 0.554. The van der Waals surface area contributed by atoms with E-state index in [1.54, 1.807) is 0 Å². The van der Waals surface area contributed by atoms with Crippen LogP contribution >= 0.6 is 0 Å². The van der Waals surface area contributed by atoms with Crippen LogP contribution in [0.25, 0.3) is 0 Å². The number of benzene rings is 1. The van der Waals surface area contributed by atoms with Gasteiger partial charge in [-0.2, -0.15) is 0 Å². The molecule has 0 aliphatic heterocycles. The number of carbonyl (C=O) groups is 1. The van der Waals surface area contributed by atoms with E-state index < -0.39 is 0 Å². The summed E-state index contributed by atoms with van der Waals surface area (Å²) >= 11 is 0. The Balaban J connectivity index is 2.92. The lowest BCUT2D eigenvalue weighted by molar-refractivity contribution is -0.107. The van der Waals surface area contributed by atoms with Gasteiger partial charge in [-0.05, 0) is 35.4 Å². The van der Waals surface area contributed by atoms with Gasteiger partial charge in [-0.3, -0.25) is 0 Å². The Hall–Kier alpha value is -1.15. The van der Waals surface area contributed by atoms with Gasteiger partial charge in [-0.1, -0.05) is 32.0 Å². The molecule has 0 aliphatic carbocycles. The number of rotatable bonds is 6. The average Bonchev–Trinajstić information content (AvgIpc) is 2.35. The largest absolute Gasteiger partial charge is 0.326 e. The van der Waals surface area contributed by atoms with Crippen molar-refractivity contribution >= 4 is 6.29 Å². The van der Waals surface area contributed by atoms with E-state index in [1.165, 1.54) is 16.7 Å². The third-order valence-corrected chi connectivity index (χ3v) is 3.16. The van der Waals surface area contributed by atoms with Gasteiger partial charge >= 0.3 is 0 Å². The minimum Gasteiger partial charge on any atom is -0.326 e. The zero-order chi connectivity index (χ0) is 12.0. The van der Waals surface area contributed by atoms with E-state index in [9.17, 15) is 4.79 Å². The van der Waals surface area contributed by atoms with Gasteiger partial charge in [0, 0.05) is 13.0 Å². The maximum Gasteiger partial charge on any atom is 0.120 e. The summed E-state index contributed by atoms with van der Waals surface area (Å²) in [6.45, 7) is 4.96. The number of hydrogen-bond donors (Lipinski definition) is 1. The van der Waals surface area contributed by atoms with Gasteiger partial charge in [-0.25, -0.2) is 0 Å². The van der Waals surface area contributed by atoms with Gasteiger partial charge in [0.25, 0.3) is 0 Å². The molecule has 0 aliphatic rings. The molecule has 88 valence electrons. The van der Waals surface area contributed by atoms with Crippen molar-refractivity contribution in [2.24, 2.45) is 5.73 Å². The first-order chi connectivity index (χ1) is 7.72. The Morgan fingerprint density at radius 2 is 2.12 bits per heavy atom. The minimum atomic E-state index is 0.554. The van der Waals surface area contributed by atoms with Gasteiger partial charge in [0.05, 0.1) is 0 Å². The Kier molecular flexibility index (Phi) is 5.20. The molecule has 0 aromatic heterocycles. The molecule has 0 spiro atoms. The molecule has 1 atom stereocenters. The molecule has 0 saturated heterocycles. The highest BCUT2D eigenvalue weighted by molar-refractivity contribution is 5.50. The molecule has 2 nitrogen and oxygen atoms in total. The first-order valence-corrected chi connectivity index (χ1v) is 5.98. The predicted molar refractivity (Wildman–Crippen MR) is 67.4 cm³/mol. The van der Waals surface area contributed by atoms with Gasteiger partial charge in [0.1, 0.15) is 6.29 Å². The summed E-state index contributed by atoms with van der Waals surface area (Å²) in [6.07, 6.45) is 3.48. The summed E-state index contributed by atoms with van der Waals surface area (Å²) in [5, 5.41) is 0. The van der Waals surface area contributed by atoms with Crippen molar-refractivity contribution < 1.29 is 4.79 Å². The van der Waals surface area contributed by atoms with E-state index >= 15 is 0 Å². The second kappa shape index (κ2) is 6.44. The zero-order valence-electron chi connectivity index (χ0n) is 10.2. The Morgan fingerprint density at radius 3 is 2.69 bits per heavy atom. The molecule has 0 saturated carbocycles. The van der Waals surface area contributed by atoms with Gasteiger partial charge < -0.3 is 10.5 Å². The number of nitrogens with two attached hydrogens (primary N) is 1. The second-order valence-electron chi connectivity index (χ2n) is 4.25. The lowest BCUT2D eigenvalue weighted by atomic mass is 9.93. The molecule has 1 rings (SSSR count). The number of carbonyl (C=O) groups excluding carboxylic acids is 1. The molecule has 0 fully saturated rings. The normalized spacial score (nSPS) is 12.4. The Bertz CT molecular complexity index is 347. The SMILES string of the molecule is CCC(C)c1ccc(CCC=O)c(CN)c1. The van der Waals surface area contributed by atoms with Crippen LogP contribution in [0.2, 0.25) is 0 Å². The summed E-state index contributed by atoms with van der Waals surface area (Å²) in [5.74, 6) is 0.574. The summed E-state index contributed by atoms with van der Waals surface area (Å²) < 4.78 is 0. The second-order valence-corrected chi connectivity index (χ2v) is 4.25. The van der Waals surface area contributed by atoms with Crippen molar-refractivity contribution in [3.8, 4) is 0 Å².